The lowest BCUT2D eigenvalue weighted by Gasteiger charge is -2.28. The molecule has 0 aromatic carbocycles. The molecule has 3 atom stereocenters. The summed E-state index contributed by atoms with van der Waals surface area (Å²) in [4.78, 5) is 14.4. The van der Waals surface area contributed by atoms with Crippen molar-refractivity contribution in [3.63, 3.8) is 0 Å². The lowest BCUT2D eigenvalue weighted by atomic mass is 10.0. The van der Waals surface area contributed by atoms with Crippen LogP contribution in [0, 0.1) is 0 Å². The Morgan fingerprint density at radius 1 is 1.30 bits per heavy atom. The summed E-state index contributed by atoms with van der Waals surface area (Å²) in [6.07, 6.45) is 5.59. The Morgan fingerprint density at radius 3 is 2.45 bits per heavy atom. The third-order valence-corrected chi connectivity index (χ3v) is 3.98. The van der Waals surface area contributed by atoms with Crippen molar-refractivity contribution in [2.45, 2.75) is 83.6 Å². The van der Waals surface area contributed by atoms with Crippen LogP contribution in [-0.2, 0) is 14.3 Å². The Morgan fingerprint density at radius 2 is 1.95 bits per heavy atom. The molecule has 0 aromatic heterocycles. The number of hydrogen-bond acceptors (Lipinski definition) is 4. The first-order valence-electron chi connectivity index (χ1n) is 7.77. The smallest absolute Gasteiger partial charge is 0.323 e. The van der Waals surface area contributed by atoms with E-state index in [-0.39, 0.29) is 18.1 Å². The average Bonchev–Trinajstić information content (AvgIpc) is 2.65. The maximum Gasteiger partial charge on any atom is 0.323 e. The van der Waals surface area contributed by atoms with Crippen molar-refractivity contribution in [3.05, 3.63) is 0 Å². The molecule has 1 heterocycles. The van der Waals surface area contributed by atoms with Gasteiger partial charge in [-0.25, -0.2) is 0 Å². The van der Waals surface area contributed by atoms with Crippen LogP contribution >= 0.6 is 0 Å². The average molecular weight is 285 g/mol. The van der Waals surface area contributed by atoms with Crippen LogP contribution < -0.4 is 0 Å². The molecule has 20 heavy (non-hydrogen) atoms. The number of carbonyl (C=O) groups excluding carboxylic acids is 1. The Kier molecular flexibility index (Phi) is 6.46. The minimum absolute atomic E-state index is 0.125. The number of hydrogen-bond donors (Lipinski definition) is 0. The quantitative estimate of drug-likeness (QED) is 0.555. The van der Waals surface area contributed by atoms with Crippen molar-refractivity contribution in [1.29, 1.82) is 0 Å². The molecule has 0 amide bonds. The molecule has 1 rings (SSSR count). The summed E-state index contributed by atoms with van der Waals surface area (Å²) in [6.45, 7) is 7.93. The molecule has 0 spiro atoms. The molecule has 4 heteroatoms. The number of likely N-dealkylation sites (N-methyl/N-ethyl adjacent to an activating group) is 1. The van der Waals surface area contributed by atoms with Gasteiger partial charge in [-0.1, -0.05) is 26.2 Å². The molecule has 1 saturated heterocycles. The largest absolute Gasteiger partial charge is 0.459 e. The Hall–Kier alpha value is -0.610. The van der Waals surface area contributed by atoms with Gasteiger partial charge in [-0.2, -0.15) is 0 Å². The first-order valence-corrected chi connectivity index (χ1v) is 7.77. The van der Waals surface area contributed by atoms with Gasteiger partial charge in [0.25, 0.3) is 0 Å². The van der Waals surface area contributed by atoms with Crippen LogP contribution in [0.2, 0.25) is 0 Å². The maximum atomic E-state index is 12.3. The highest BCUT2D eigenvalue weighted by atomic mass is 16.6. The second-order valence-electron chi connectivity index (χ2n) is 6.79. The molecule has 1 aliphatic heterocycles. The molecule has 0 N–H and O–H groups in total. The number of carbonyl (C=O) groups is 1. The minimum Gasteiger partial charge on any atom is -0.459 e. The molecule has 0 aliphatic carbocycles. The number of nitrogens with zero attached hydrogens (tertiary/aromatic N) is 1. The number of likely N-dealkylation sites (tertiary alicyclic amines) is 1. The first-order chi connectivity index (χ1) is 9.30. The normalized spacial score (nSPS) is 27.8. The second kappa shape index (κ2) is 7.41. The number of methoxy groups -OCH3 is 1. The van der Waals surface area contributed by atoms with Gasteiger partial charge >= 0.3 is 5.97 Å². The number of esters is 1. The van der Waals surface area contributed by atoms with Crippen LogP contribution in [0.15, 0.2) is 0 Å². The van der Waals surface area contributed by atoms with E-state index < -0.39 is 5.60 Å². The third kappa shape index (κ3) is 4.74. The van der Waals surface area contributed by atoms with Gasteiger partial charge in [0, 0.05) is 19.6 Å². The molecule has 4 nitrogen and oxygen atoms in total. The van der Waals surface area contributed by atoms with Gasteiger partial charge in [-0.05, 0) is 34.2 Å². The fourth-order valence-electron chi connectivity index (χ4n) is 2.92. The van der Waals surface area contributed by atoms with E-state index in [1.165, 1.54) is 19.3 Å². The summed E-state index contributed by atoms with van der Waals surface area (Å²) in [7, 11) is 3.76. The Balaban J connectivity index is 2.64. The topological polar surface area (TPSA) is 38.8 Å². The third-order valence-electron chi connectivity index (χ3n) is 3.98. The number of unbranched alkanes of at least 4 members (excludes halogenated alkanes) is 2. The maximum absolute atomic E-state index is 12.3. The Labute approximate surface area is 123 Å². The van der Waals surface area contributed by atoms with E-state index in [4.69, 9.17) is 9.47 Å². The van der Waals surface area contributed by atoms with Gasteiger partial charge in [-0.3, -0.25) is 9.69 Å². The van der Waals surface area contributed by atoms with Crippen molar-refractivity contribution in [2.24, 2.45) is 0 Å². The van der Waals surface area contributed by atoms with E-state index >= 15 is 0 Å². The summed E-state index contributed by atoms with van der Waals surface area (Å²) in [5, 5.41) is 0. The molecular weight excluding hydrogens is 254 g/mol. The van der Waals surface area contributed by atoms with Crippen molar-refractivity contribution < 1.29 is 14.3 Å². The van der Waals surface area contributed by atoms with Crippen molar-refractivity contribution in [3.8, 4) is 0 Å². The van der Waals surface area contributed by atoms with Gasteiger partial charge in [0.2, 0.25) is 0 Å². The molecule has 0 aromatic rings. The van der Waals surface area contributed by atoms with Gasteiger partial charge < -0.3 is 9.47 Å². The molecular formula is C16H31NO3. The van der Waals surface area contributed by atoms with E-state index in [2.05, 4.69) is 11.8 Å². The molecule has 0 radical (unpaired) electrons. The van der Waals surface area contributed by atoms with Gasteiger partial charge in [0.15, 0.2) is 0 Å². The fourth-order valence-corrected chi connectivity index (χ4v) is 2.92. The van der Waals surface area contributed by atoms with Crippen LogP contribution in [-0.4, -0.2) is 48.8 Å². The van der Waals surface area contributed by atoms with Crippen LogP contribution in [0.3, 0.4) is 0 Å². The Bertz CT molecular complexity index is 311. The van der Waals surface area contributed by atoms with Crippen molar-refractivity contribution in [1.82, 2.24) is 4.90 Å². The minimum atomic E-state index is -0.430. The van der Waals surface area contributed by atoms with Crippen LogP contribution in [0.5, 0.6) is 0 Å². The van der Waals surface area contributed by atoms with E-state index in [0.29, 0.717) is 6.04 Å². The van der Waals surface area contributed by atoms with Crippen molar-refractivity contribution in [2.75, 3.05) is 14.2 Å². The predicted octanol–water partition coefficient (Wildman–Crippen LogP) is 3.00. The van der Waals surface area contributed by atoms with Crippen LogP contribution in [0.25, 0.3) is 0 Å². The monoisotopic (exact) mass is 285 g/mol. The molecule has 0 saturated carbocycles. The van der Waals surface area contributed by atoms with Gasteiger partial charge in [-0.15, -0.1) is 0 Å². The first kappa shape index (κ1) is 17.4. The lowest BCUT2D eigenvalue weighted by molar-refractivity contribution is -0.160. The van der Waals surface area contributed by atoms with Crippen LogP contribution in [0.1, 0.15) is 59.8 Å². The van der Waals surface area contributed by atoms with Crippen LogP contribution in [0.4, 0.5) is 0 Å². The zero-order valence-electron chi connectivity index (χ0n) is 13.9. The summed E-state index contributed by atoms with van der Waals surface area (Å²) in [6, 6.07) is 0.148. The molecule has 118 valence electrons. The second-order valence-corrected chi connectivity index (χ2v) is 6.79. The zero-order valence-corrected chi connectivity index (χ0v) is 13.9. The SMILES string of the molecule is CCCCCC1C(OC)CC(C(=O)OC(C)(C)C)N1C. The van der Waals surface area contributed by atoms with E-state index in [9.17, 15) is 4.79 Å². The highest BCUT2D eigenvalue weighted by Crippen LogP contribution is 2.30. The standard InChI is InChI=1S/C16H31NO3/c1-7-8-9-10-12-14(19-6)11-13(17(12)5)15(18)20-16(2,3)4/h12-14H,7-11H2,1-6H3. The zero-order chi connectivity index (χ0) is 15.3. The molecule has 1 aliphatic rings. The molecule has 3 unspecified atom stereocenters. The number of ether oxygens (including phenoxy) is 2. The number of rotatable bonds is 6. The highest BCUT2D eigenvalue weighted by molar-refractivity contribution is 5.76. The molecule has 1 fully saturated rings. The highest BCUT2D eigenvalue weighted by Gasteiger charge is 2.43. The predicted molar refractivity (Wildman–Crippen MR) is 80.7 cm³/mol. The fraction of sp³-hybridized carbons (Fsp3) is 0.938. The summed E-state index contributed by atoms with van der Waals surface area (Å²) >= 11 is 0. The van der Waals surface area contributed by atoms with E-state index in [1.807, 2.05) is 27.8 Å². The van der Waals surface area contributed by atoms with Gasteiger partial charge in [0.1, 0.15) is 11.6 Å². The van der Waals surface area contributed by atoms with E-state index in [0.717, 1.165) is 12.8 Å². The van der Waals surface area contributed by atoms with Gasteiger partial charge in [0.05, 0.1) is 6.10 Å². The molecule has 0 bridgehead atoms. The van der Waals surface area contributed by atoms with Crippen molar-refractivity contribution >= 4 is 5.97 Å². The summed E-state index contributed by atoms with van der Waals surface area (Å²) < 4.78 is 11.1. The summed E-state index contributed by atoms with van der Waals surface area (Å²) in [5.41, 5.74) is -0.430. The van der Waals surface area contributed by atoms with E-state index in [1.54, 1.807) is 7.11 Å². The lowest BCUT2D eigenvalue weighted by Crippen LogP contribution is -2.42. The summed E-state index contributed by atoms with van der Waals surface area (Å²) in [5.74, 6) is -0.125.